The van der Waals surface area contributed by atoms with Gasteiger partial charge in [0.05, 0.1) is 0 Å². The highest BCUT2D eigenvalue weighted by atomic mass is 79.9. The van der Waals surface area contributed by atoms with Crippen LogP contribution in [0, 0.1) is 0 Å². The van der Waals surface area contributed by atoms with Gasteiger partial charge in [0.1, 0.15) is 5.75 Å². The fourth-order valence-corrected chi connectivity index (χ4v) is 2.05. The van der Waals surface area contributed by atoms with Gasteiger partial charge in [0.15, 0.2) is 0 Å². The predicted octanol–water partition coefficient (Wildman–Crippen LogP) is 4.10. The number of phenols is 1. The van der Waals surface area contributed by atoms with Gasteiger partial charge in [0, 0.05) is 27.1 Å². The summed E-state index contributed by atoms with van der Waals surface area (Å²) in [4.78, 5) is 0. The number of hydrogen-bond acceptors (Lipinski definition) is 2. The molecule has 0 saturated carbocycles. The first-order valence-electron chi connectivity index (χ1n) is 5.09. The van der Waals surface area contributed by atoms with Crippen LogP contribution in [0.1, 0.15) is 24.9 Å². The summed E-state index contributed by atoms with van der Waals surface area (Å²) in [5.41, 5.74) is 0.908. The van der Waals surface area contributed by atoms with Gasteiger partial charge in [0.25, 0.3) is 0 Å². The molecule has 0 spiro atoms. The fourth-order valence-electron chi connectivity index (χ4n) is 1.51. The maximum Gasteiger partial charge on any atom is 0.120 e. The van der Waals surface area contributed by atoms with Gasteiger partial charge < -0.3 is 10.4 Å². The van der Waals surface area contributed by atoms with Crippen molar-refractivity contribution in [2.45, 2.75) is 19.4 Å². The van der Waals surface area contributed by atoms with Crippen molar-refractivity contribution in [1.82, 2.24) is 5.32 Å². The molecule has 1 atom stereocenters. The van der Waals surface area contributed by atoms with E-state index in [1.807, 2.05) is 12.1 Å². The van der Waals surface area contributed by atoms with Gasteiger partial charge in [-0.3, -0.25) is 0 Å². The normalized spacial score (nSPS) is 12.4. The number of aromatic hydroxyl groups is 1. The van der Waals surface area contributed by atoms with Crippen LogP contribution in [0.2, 0.25) is 0 Å². The molecular formula is C12H15Br2NO. The topological polar surface area (TPSA) is 32.3 Å². The second-order valence-electron chi connectivity index (χ2n) is 3.56. The van der Waals surface area contributed by atoms with Gasteiger partial charge in [-0.05, 0) is 24.6 Å². The van der Waals surface area contributed by atoms with Crippen LogP contribution in [0.15, 0.2) is 33.7 Å². The van der Waals surface area contributed by atoms with Crippen LogP contribution in [-0.4, -0.2) is 11.7 Å². The molecule has 0 aliphatic rings. The largest absolute Gasteiger partial charge is 0.508 e. The van der Waals surface area contributed by atoms with Crippen molar-refractivity contribution in [2.24, 2.45) is 0 Å². The molecule has 1 unspecified atom stereocenters. The third-order valence-corrected chi connectivity index (χ3v) is 3.09. The maximum atomic E-state index is 9.81. The smallest absolute Gasteiger partial charge is 0.120 e. The summed E-state index contributed by atoms with van der Waals surface area (Å²) in [6.07, 6.45) is 0.907. The van der Waals surface area contributed by atoms with Crippen molar-refractivity contribution in [1.29, 1.82) is 0 Å². The van der Waals surface area contributed by atoms with E-state index in [0.717, 1.165) is 20.9 Å². The van der Waals surface area contributed by atoms with E-state index in [9.17, 15) is 5.11 Å². The number of benzene rings is 1. The van der Waals surface area contributed by atoms with Gasteiger partial charge in [-0.2, -0.15) is 0 Å². The van der Waals surface area contributed by atoms with Crippen LogP contribution in [-0.2, 0) is 0 Å². The Labute approximate surface area is 113 Å². The fraction of sp³-hybridized carbons (Fsp3) is 0.333. The quantitative estimate of drug-likeness (QED) is 0.839. The Balaban J connectivity index is 2.85. The highest BCUT2D eigenvalue weighted by Gasteiger charge is 2.13. The Morgan fingerprint density at radius 3 is 2.81 bits per heavy atom. The van der Waals surface area contributed by atoms with E-state index in [4.69, 9.17) is 0 Å². The molecule has 4 heteroatoms. The first-order chi connectivity index (χ1) is 7.54. The summed E-state index contributed by atoms with van der Waals surface area (Å²) < 4.78 is 1.87. The zero-order valence-corrected chi connectivity index (χ0v) is 12.3. The average Bonchev–Trinajstić information content (AvgIpc) is 2.23. The zero-order chi connectivity index (χ0) is 12.1. The minimum atomic E-state index is 0.131. The Morgan fingerprint density at radius 2 is 2.25 bits per heavy atom. The maximum absolute atomic E-state index is 9.81. The summed E-state index contributed by atoms with van der Waals surface area (Å²) in [7, 11) is 0. The summed E-state index contributed by atoms with van der Waals surface area (Å²) in [5, 5.41) is 13.1. The van der Waals surface area contributed by atoms with E-state index >= 15 is 0 Å². The lowest BCUT2D eigenvalue weighted by atomic mass is 10.0. The molecule has 0 aliphatic heterocycles. The van der Waals surface area contributed by atoms with Crippen molar-refractivity contribution >= 4 is 31.9 Å². The summed E-state index contributed by atoms with van der Waals surface area (Å²) in [6, 6.07) is 5.60. The molecule has 88 valence electrons. The number of hydrogen-bond donors (Lipinski definition) is 2. The van der Waals surface area contributed by atoms with Crippen molar-refractivity contribution in [3.8, 4) is 5.75 Å². The lowest BCUT2D eigenvalue weighted by Crippen LogP contribution is -2.21. The Kier molecular flexibility index (Phi) is 5.52. The van der Waals surface area contributed by atoms with E-state index < -0.39 is 0 Å². The number of phenolic OH excluding ortho intramolecular Hbond substituents is 1. The molecule has 1 aromatic rings. The number of nitrogens with one attached hydrogen (secondary N) is 1. The van der Waals surface area contributed by atoms with Crippen LogP contribution in [0.25, 0.3) is 0 Å². The lowest BCUT2D eigenvalue weighted by Gasteiger charge is -2.18. The van der Waals surface area contributed by atoms with Crippen LogP contribution in [0.5, 0.6) is 5.75 Å². The molecule has 1 rings (SSSR count). The molecule has 0 amide bonds. The average molecular weight is 349 g/mol. The van der Waals surface area contributed by atoms with Gasteiger partial charge in [-0.15, -0.1) is 0 Å². The molecule has 0 heterocycles. The molecule has 0 bridgehead atoms. The van der Waals surface area contributed by atoms with Gasteiger partial charge in [0.2, 0.25) is 0 Å². The second kappa shape index (κ2) is 6.42. The monoisotopic (exact) mass is 347 g/mol. The number of rotatable bonds is 5. The minimum Gasteiger partial charge on any atom is -0.508 e. The van der Waals surface area contributed by atoms with Crippen molar-refractivity contribution in [3.05, 3.63) is 39.3 Å². The van der Waals surface area contributed by atoms with Crippen LogP contribution >= 0.6 is 31.9 Å². The first-order valence-corrected chi connectivity index (χ1v) is 6.68. The SMILES string of the molecule is C=C(Br)CNC(CC)c1cc(Br)ccc1O. The van der Waals surface area contributed by atoms with Crippen molar-refractivity contribution in [3.63, 3.8) is 0 Å². The second-order valence-corrected chi connectivity index (χ2v) is 5.60. The molecule has 0 radical (unpaired) electrons. The first kappa shape index (κ1) is 13.7. The zero-order valence-electron chi connectivity index (χ0n) is 9.13. The van der Waals surface area contributed by atoms with Crippen LogP contribution < -0.4 is 5.32 Å². The summed E-state index contributed by atoms with van der Waals surface area (Å²) >= 11 is 6.72. The molecule has 0 aliphatic carbocycles. The molecule has 0 fully saturated rings. The molecule has 1 aromatic carbocycles. The highest BCUT2D eigenvalue weighted by Crippen LogP contribution is 2.29. The molecule has 2 nitrogen and oxygen atoms in total. The molecule has 0 aromatic heterocycles. The molecule has 16 heavy (non-hydrogen) atoms. The van der Waals surface area contributed by atoms with E-state index in [1.165, 1.54) is 0 Å². The van der Waals surface area contributed by atoms with Gasteiger partial charge >= 0.3 is 0 Å². The Bertz CT molecular complexity index is 379. The van der Waals surface area contributed by atoms with Gasteiger partial charge in [-0.1, -0.05) is 45.4 Å². The molecule has 2 N–H and O–H groups in total. The van der Waals surface area contributed by atoms with Crippen molar-refractivity contribution < 1.29 is 5.11 Å². The summed E-state index contributed by atoms with van der Waals surface area (Å²) in [5.74, 6) is 0.322. The molecular weight excluding hydrogens is 334 g/mol. The minimum absolute atomic E-state index is 0.131. The lowest BCUT2D eigenvalue weighted by molar-refractivity contribution is 0.446. The standard InChI is InChI=1S/C12H15Br2NO/c1-3-11(15-7-8(2)13)10-6-9(14)4-5-12(10)16/h4-6,11,15-16H,2-3,7H2,1H3. The van der Waals surface area contributed by atoms with E-state index in [2.05, 4.69) is 50.7 Å². The van der Waals surface area contributed by atoms with Crippen LogP contribution in [0.4, 0.5) is 0 Å². The molecule has 0 saturated heterocycles. The number of halogens is 2. The Morgan fingerprint density at radius 1 is 1.56 bits per heavy atom. The third-order valence-electron chi connectivity index (χ3n) is 2.31. The van der Waals surface area contributed by atoms with Crippen LogP contribution in [0.3, 0.4) is 0 Å². The van der Waals surface area contributed by atoms with E-state index in [0.29, 0.717) is 12.3 Å². The highest BCUT2D eigenvalue weighted by molar-refractivity contribution is 9.11. The van der Waals surface area contributed by atoms with Crippen molar-refractivity contribution in [2.75, 3.05) is 6.54 Å². The van der Waals surface area contributed by atoms with Gasteiger partial charge in [-0.25, -0.2) is 0 Å². The van der Waals surface area contributed by atoms with E-state index in [1.54, 1.807) is 6.07 Å². The summed E-state index contributed by atoms with van der Waals surface area (Å²) in [6.45, 7) is 6.54. The van der Waals surface area contributed by atoms with E-state index in [-0.39, 0.29) is 6.04 Å². The Hall–Kier alpha value is -0.320. The third kappa shape index (κ3) is 3.92. The predicted molar refractivity (Wildman–Crippen MR) is 74.9 cm³/mol.